The van der Waals surface area contributed by atoms with E-state index in [1.807, 2.05) is 0 Å². The first-order valence-corrected chi connectivity index (χ1v) is 13.8. The van der Waals surface area contributed by atoms with Gasteiger partial charge in [-0.25, -0.2) is 9.18 Å². The number of ether oxygens (including phenoxy) is 3. The van der Waals surface area contributed by atoms with Gasteiger partial charge >= 0.3 is 11.9 Å². The third kappa shape index (κ3) is 8.04. The molecule has 0 aliphatic heterocycles. The number of benzene rings is 3. The number of nitrogens with zero attached hydrogens (tertiary/aromatic N) is 1. The fraction of sp³-hybridized carbons (Fsp3) is 0.219. The van der Waals surface area contributed by atoms with Crippen molar-refractivity contribution in [1.82, 2.24) is 4.98 Å². The summed E-state index contributed by atoms with van der Waals surface area (Å²) in [6.07, 6.45) is -0.0191. The van der Waals surface area contributed by atoms with Crippen LogP contribution in [0.1, 0.15) is 19.3 Å². The van der Waals surface area contributed by atoms with E-state index in [1.54, 1.807) is 62.9 Å². The summed E-state index contributed by atoms with van der Waals surface area (Å²) in [7, 11) is 3.12. The molecule has 14 heteroatoms. The minimum Gasteiger partial charge on any atom is -0.493 e. The molecule has 1 aromatic heterocycles. The second kappa shape index (κ2) is 14.3. The number of aliphatic carboxylic acids is 2. The fourth-order valence-electron chi connectivity index (χ4n) is 4.24. The number of carbonyl (C=O) groups is 4. The van der Waals surface area contributed by atoms with E-state index in [9.17, 15) is 23.6 Å². The number of amides is 2. The Morgan fingerprint density at radius 2 is 1.39 bits per heavy atom. The number of halogens is 1. The number of fused-ring (bicyclic) bond motifs is 1. The van der Waals surface area contributed by atoms with Gasteiger partial charge in [0.1, 0.15) is 22.7 Å². The van der Waals surface area contributed by atoms with Crippen molar-refractivity contribution >= 4 is 46.0 Å². The van der Waals surface area contributed by atoms with Gasteiger partial charge < -0.3 is 40.2 Å². The molecule has 0 radical (unpaired) electrons. The highest BCUT2D eigenvalue weighted by Crippen LogP contribution is 2.47. The number of pyridine rings is 1. The van der Waals surface area contributed by atoms with Gasteiger partial charge in [0.15, 0.2) is 17.6 Å². The molecule has 1 unspecified atom stereocenters. The van der Waals surface area contributed by atoms with E-state index < -0.39 is 41.6 Å². The Morgan fingerprint density at radius 3 is 1.87 bits per heavy atom. The number of carboxylic acid groups (broad SMARTS) is 2. The molecule has 1 aliphatic rings. The number of aliphatic hydroxyl groups excluding tert-OH is 1. The average molecular weight is 636 g/mol. The van der Waals surface area contributed by atoms with E-state index in [4.69, 9.17) is 29.5 Å². The van der Waals surface area contributed by atoms with Gasteiger partial charge in [-0.05, 0) is 73.5 Å². The van der Waals surface area contributed by atoms with Crippen LogP contribution in [0.2, 0.25) is 0 Å². The van der Waals surface area contributed by atoms with Crippen LogP contribution in [0.3, 0.4) is 0 Å². The third-order valence-electron chi connectivity index (χ3n) is 6.92. The Morgan fingerprint density at radius 1 is 0.848 bits per heavy atom. The van der Waals surface area contributed by atoms with Crippen LogP contribution in [0, 0.1) is 11.2 Å². The van der Waals surface area contributed by atoms with Gasteiger partial charge in [0.2, 0.25) is 11.8 Å². The van der Waals surface area contributed by atoms with Gasteiger partial charge in [0.25, 0.3) is 0 Å². The predicted octanol–water partition coefficient (Wildman–Crippen LogP) is 4.45. The summed E-state index contributed by atoms with van der Waals surface area (Å²) in [5, 5.41) is 30.4. The van der Waals surface area contributed by atoms with Crippen molar-refractivity contribution in [3.05, 3.63) is 78.7 Å². The zero-order valence-electron chi connectivity index (χ0n) is 24.7. The number of aromatic nitrogens is 1. The number of aliphatic hydroxyl groups is 1. The summed E-state index contributed by atoms with van der Waals surface area (Å²) in [4.78, 5) is 49.5. The van der Waals surface area contributed by atoms with Crippen LogP contribution in [0.25, 0.3) is 10.9 Å². The number of carboxylic acids is 2. The van der Waals surface area contributed by atoms with Gasteiger partial charge in [-0.1, -0.05) is 0 Å². The lowest BCUT2D eigenvalue weighted by molar-refractivity contribution is -0.152. The maximum Gasteiger partial charge on any atom is 0.333 e. The van der Waals surface area contributed by atoms with Crippen LogP contribution in [-0.2, 0) is 19.2 Å². The molecule has 1 aliphatic carbocycles. The highest BCUT2D eigenvalue weighted by Gasteiger charge is 2.56. The van der Waals surface area contributed by atoms with E-state index in [0.717, 1.165) is 5.39 Å². The maximum absolute atomic E-state index is 13.1. The van der Waals surface area contributed by atoms with Gasteiger partial charge in [-0.15, -0.1) is 0 Å². The molecule has 13 nitrogen and oxygen atoms in total. The molecule has 1 heterocycles. The summed E-state index contributed by atoms with van der Waals surface area (Å²) >= 11 is 0. The number of hydrogen-bond donors (Lipinski definition) is 5. The molecule has 5 N–H and O–H groups in total. The first-order valence-electron chi connectivity index (χ1n) is 13.8. The van der Waals surface area contributed by atoms with E-state index in [2.05, 4.69) is 15.6 Å². The summed E-state index contributed by atoms with van der Waals surface area (Å²) in [6, 6.07) is 17.6. The number of rotatable bonds is 11. The molecule has 2 amide bonds. The lowest BCUT2D eigenvalue weighted by Gasteiger charge is -2.16. The molecule has 1 fully saturated rings. The average Bonchev–Trinajstić information content (AvgIpc) is 3.85. The molecule has 5 rings (SSSR count). The lowest BCUT2D eigenvalue weighted by atomic mass is 10.0. The fourth-order valence-corrected chi connectivity index (χ4v) is 4.24. The number of hydrogen-bond acceptors (Lipinski definition) is 9. The molecule has 1 atom stereocenters. The standard InChI is InChI=1S/C28H24FN3O5.C4H6O5/c1-35-24-15-21-22(16-25(24)36-2)30-14-11-23(21)37-20-9-7-19(8-10-20)32-27(34)28(12-13-28)26(33)31-18-5-3-17(29)4-6-18;5-2(4(8)9)1-3(6)7/h3-11,14-16H,12-13H2,1-2H3,(H,31,33)(H,32,34);2,5H,1H2,(H,6,7)(H,8,9). The number of carbonyl (C=O) groups excluding carboxylic acids is 2. The Hall–Kier alpha value is -5.76. The van der Waals surface area contributed by atoms with Crippen LogP contribution in [-0.4, -0.2) is 64.4 Å². The predicted molar refractivity (Wildman–Crippen MR) is 163 cm³/mol. The van der Waals surface area contributed by atoms with Gasteiger partial charge in [0, 0.05) is 29.0 Å². The number of nitrogens with one attached hydrogen (secondary N) is 2. The topological polar surface area (TPSA) is 194 Å². The molecule has 0 bridgehead atoms. The van der Waals surface area contributed by atoms with Crippen molar-refractivity contribution < 1.29 is 53.1 Å². The molecule has 1 saturated carbocycles. The number of methoxy groups -OCH3 is 2. The van der Waals surface area contributed by atoms with Crippen LogP contribution in [0.15, 0.2) is 72.9 Å². The smallest absolute Gasteiger partial charge is 0.333 e. The Balaban J connectivity index is 0.000000468. The molecule has 3 aromatic carbocycles. The summed E-state index contributed by atoms with van der Waals surface area (Å²) in [6.45, 7) is 0. The van der Waals surface area contributed by atoms with Crippen LogP contribution in [0.4, 0.5) is 15.8 Å². The third-order valence-corrected chi connectivity index (χ3v) is 6.92. The maximum atomic E-state index is 13.1. The highest BCUT2D eigenvalue weighted by molar-refractivity contribution is 6.16. The van der Waals surface area contributed by atoms with Crippen molar-refractivity contribution in [1.29, 1.82) is 0 Å². The van der Waals surface area contributed by atoms with Gasteiger partial charge in [0.05, 0.1) is 26.2 Å². The minimum atomic E-state index is -1.79. The molecule has 46 heavy (non-hydrogen) atoms. The Kier molecular flexibility index (Phi) is 10.3. The van der Waals surface area contributed by atoms with E-state index in [-0.39, 0.29) is 5.91 Å². The Bertz CT molecular complexity index is 1740. The van der Waals surface area contributed by atoms with Crippen molar-refractivity contribution in [2.24, 2.45) is 5.41 Å². The van der Waals surface area contributed by atoms with E-state index in [1.165, 1.54) is 24.3 Å². The van der Waals surface area contributed by atoms with Crippen molar-refractivity contribution in [3.63, 3.8) is 0 Å². The van der Waals surface area contributed by atoms with Gasteiger partial charge in [-0.3, -0.25) is 19.4 Å². The first kappa shape index (κ1) is 33.1. The molecule has 0 saturated heterocycles. The van der Waals surface area contributed by atoms with Crippen molar-refractivity contribution in [2.45, 2.75) is 25.4 Å². The zero-order chi connectivity index (χ0) is 33.4. The normalized spacial score (nSPS) is 13.3. The van der Waals surface area contributed by atoms with E-state index >= 15 is 0 Å². The molecular formula is C32H30FN3O10. The van der Waals surface area contributed by atoms with Crippen molar-refractivity contribution in [3.8, 4) is 23.0 Å². The number of anilines is 2. The first-order chi connectivity index (χ1) is 21.9. The summed E-state index contributed by atoms with van der Waals surface area (Å²) < 4.78 is 29.9. The summed E-state index contributed by atoms with van der Waals surface area (Å²) in [5.74, 6) is -1.78. The molecular weight excluding hydrogens is 605 g/mol. The van der Waals surface area contributed by atoms with Crippen LogP contribution >= 0.6 is 0 Å². The lowest BCUT2D eigenvalue weighted by Crippen LogP contribution is -2.35. The highest BCUT2D eigenvalue weighted by atomic mass is 19.1. The Labute approximate surface area is 261 Å². The minimum absolute atomic E-state index is 0.387. The zero-order valence-corrected chi connectivity index (χ0v) is 24.7. The molecule has 4 aromatic rings. The SMILES string of the molecule is COc1cc2nccc(Oc3ccc(NC(=O)C4(C(=O)Nc5ccc(F)cc5)CC4)cc3)c2cc1OC.O=C(O)CC(O)C(=O)O. The van der Waals surface area contributed by atoms with Crippen molar-refractivity contribution in [2.75, 3.05) is 24.9 Å². The molecule has 0 spiro atoms. The van der Waals surface area contributed by atoms with Gasteiger partial charge in [-0.2, -0.15) is 0 Å². The second-order valence-corrected chi connectivity index (χ2v) is 10.1. The quantitative estimate of drug-likeness (QED) is 0.146. The van der Waals surface area contributed by atoms with E-state index in [0.29, 0.717) is 52.7 Å². The second-order valence-electron chi connectivity index (χ2n) is 10.1. The largest absolute Gasteiger partial charge is 0.493 e. The van der Waals surface area contributed by atoms with Crippen LogP contribution in [0.5, 0.6) is 23.0 Å². The van der Waals surface area contributed by atoms with Crippen LogP contribution < -0.4 is 24.8 Å². The summed E-state index contributed by atoms with van der Waals surface area (Å²) in [5.41, 5.74) is 0.517. The molecule has 240 valence electrons. The monoisotopic (exact) mass is 635 g/mol.